The second-order valence-electron chi connectivity index (χ2n) is 8.87. The summed E-state index contributed by atoms with van der Waals surface area (Å²) in [5, 5.41) is 8.76. The van der Waals surface area contributed by atoms with Crippen molar-refractivity contribution in [3.8, 4) is 11.3 Å². The maximum atomic E-state index is 12.1. The van der Waals surface area contributed by atoms with Crippen molar-refractivity contribution < 1.29 is 16.8 Å². The molecule has 10 nitrogen and oxygen atoms in total. The Morgan fingerprint density at radius 1 is 1.03 bits per heavy atom. The number of nitrogens with one attached hydrogen (secondary N) is 3. The zero-order chi connectivity index (χ0) is 26.3. The van der Waals surface area contributed by atoms with Gasteiger partial charge in [-0.05, 0) is 68.0 Å². The molecule has 1 aliphatic carbocycles. The van der Waals surface area contributed by atoms with Crippen LogP contribution < -0.4 is 19.9 Å². The molecule has 1 aromatic heterocycles. The predicted molar refractivity (Wildman–Crippen MR) is 140 cm³/mol. The normalized spacial score (nSPS) is 14.1. The van der Waals surface area contributed by atoms with Crippen molar-refractivity contribution in [3.05, 3.63) is 63.8 Å². The van der Waals surface area contributed by atoms with E-state index < -0.39 is 20.2 Å². The smallest absolute Gasteiger partial charge is 0.277 e. The van der Waals surface area contributed by atoms with Crippen LogP contribution in [0.15, 0.2) is 41.4 Å². The number of rotatable bonds is 9. The fourth-order valence-corrected chi connectivity index (χ4v) is 6.28. The Kier molecular flexibility index (Phi) is 7.37. The van der Waals surface area contributed by atoms with Gasteiger partial charge >= 0.3 is 0 Å². The quantitative estimate of drug-likeness (QED) is 0.318. The molecule has 4 rings (SSSR count). The van der Waals surface area contributed by atoms with Crippen molar-refractivity contribution in [1.29, 1.82) is 0 Å². The molecule has 1 aliphatic rings. The topological polar surface area (TPSA) is 156 Å². The number of hydrogen-bond donors (Lipinski definition) is 4. The summed E-state index contributed by atoms with van der Waals surface area (Å²) in [6.45, 7) is 5.37. The first kappa shape index (κ1) is 26.5. The highest BCUT2D eigenvalue weighted by atomic mass is 35.5. The Labute approximate surface area is 215 Å². The maximum Gasteiger partial charge on any atom is 0.277 e. The van der Waals surface area contributed by atoms with Crippen molar-refractivity contribution in [1.82, 2.24) is 19.4 Å². The lowest BCUT2D eigenvalue weighted by atomic mass is 10.0. The van der Waals surface area contributed by atoms with Gasteiger partial charge in [-0.1, -0.05) is 29.8 Å². The van der Waals surface area contributed by atoms with E-state index in [1.165, 1.54) is 6.20 Å². The molecule has 36 heavy (non-hydrogen) atoms. The van der Waals surface area contributed by atoms with E-state index in [9.17, 15) is 16.8 Å². The zero-order valence-electron chi connectivity index (χ0n) is 20.0. The summed E-state index contributed by atoms with van der Waals surface area (Å²) in [5.41, 5.74) is 4.53. The molecule has 0 atom stereocenters. The van der Waals surface area contributed by atoms with Crippen LogP contribution in [0.2, 0.25) is 5.02 Å². The number of aryl methyl sites for hydroxylation is 3. The minimum atomic E-state index is -3.84. The van der Waals surface area contributed by atoms with Crippen LogP contribution in [0.25, 0.3) is 11.3 Å². The summed E-state index contributed by atoms with van der Waals surface area (Å²) in [6.07, 6.45) is 3.21. The summed E-state index contributed by atoms with van der Waals surface area (Å²) >= 11 is 6.41. The zero-order valence-corrected chi connectivity index (χ0v) is 22.4. The lowest BCUT2D eigenvalue weighted by Gasteiger charge is -2.14. The molecule has 0 radical (unpaired) electrons. The van der Waals surface area contributed by atoms with Gasteiger partial charge in [0.05, 0.1) is 21.8 Å². The van der Waals surface area contributed by atoms with E-state index in [0.29, 0.717) is 27.5 Å². The Bertz CT molecular complexity index is 1520. The van der Waals surface area contributed by atoms with Crippen molar-refractivity contribution >= 4 is 43.5 Å². The second-order valence-corrected chi connectivity index (χ2v) is 12.3. The number of aromatic nitrogens is 2. The molecular formula is C23H27ClN6O4S2. The van der Waals surface area contributed by atoms with E-state index in [-0.39, 0.29) is 23.4 Å². The third-order valence-corrected chi connectivity index (χ3v) is 8.31. The molecule has 13 heteroatoms. The van der Waals surface area contributed by atoms with Gasteiger partial charge in [0.25, 0.3) is 10.2 Å². The lowest BCUT2D eigenvalue weighted by Crippen LogP contribution is -2.37. The number of sulfonamides is 1. The predicted octanol–water partition coefficient (Wildman–Crippen LogP) is 3.20. The van der Waals surface area contributed by atoms with Crippen LogP contribution in [-0.2, 0) is 26.8 Å². The SMILES string of the molecule is Cc1cc(CNS(=O)(=O)NC2CC2)ccc1-c1nc(Nc2cc(C)c(S(N)(=O)=O)c(C)c2)ncc1Cl. The molecule has 0 saturated heterocycles. The molecular weight excluding hydrogens is 524 g/mol. The van der Waals surface area contributed by atoms with Crippen molar-refractivity contribution in [2.75, 3.05) is 5.32 Å². The van der Waals surface area contributed by atoms with E-state index in [1.807, 2.05) is 25.1 Å². The highest BCUT2D eigenvalue weighted by molar-refractivity contribution is 7.89. The van der Waals surface area contributed by atoms with Crippen LogP contribution in [0.3, 0.4) is 0 Å². The number of nitrogens with two attached hydrogens (primary N) is 1. The molecule has 0 aliphatic heterocycles. The molecule has 0 bridgehead atoms. The molecule has 2 aromatic carbocycles. The summed E-state index contributed by atoms with van der Waals surface area (Å²) in [7, 11) is -7.38. The fraction of sp³-hybridized carbons (Fsp3) is 0.304. The Hall–Kier alpha value is -2.61. The molecule has 1 saturated carbocycles. The number of halogens is 1. The van der Waals surface area contributed by atoms with E-state index >= 15 is 0 Å². The molecule has 0 unspecified atom stereocenters. The first-order valence-corrected chi connectivity index (χ1v) is 14.5. The molecule has 0 spiro atoms. The molecule has 3 aromatic rings. The van der Waals surface area contributed by atoms with Gasteiger partial charge in [-0.25, -0.2) is 23.5 Å². The largest absolute Gasteiger partial charge is 0.324 e. The van der Waals surface area contributed by atoms with E-state index in [0.717, 1.165) is 29.5 Å². The van der Waals surface area contributed by atoms with E-state index in [1.54, 1.807) is 26.0 Å². The average Bonchev–Trinajstić information content (AvgIpc) is 3.56. The highest BCUT2D eigenvalue weighted by Crippen LogP contribution is 2.31. The molecule has 1 heterocycles. The Morgan fingerprint density at radius 2 is 1.69 bits per heavy atom. The third kappa shape index (κ3) is 6.38. The van der Waals surface area contributed by atoms with Crippen LogP contribution in [0, 0.1) is 20.8 Å². The van der Waals surface area contributed by atoms with Gasteiger partial charge in [0.1, 0.15) is 0 Å². The lowest BCUT2D eigenvalue weighted by molar-refractivity contribution is 0.565. The number of primary sulfonamides is 1. The Balaban J connectivity index is 1.55. The third-order valence-electron chi connectivity index (χ3n) is 5.66. The van der Waals surface area contributed by atoms with Crippen LogP contribution in [0.1, 0.15) is 35.1 Å². The summed E-state index contributed by atoms with van der Waals surface area (Å²) in [6, 6.07) is 8.87. The molecule has 1 fully saturated rings. The van der Waals surface area contributed by atoms with Gasteiger partial charge < -0.3 is 5.32 Å². The number of benzene rings is 2. The maximum absolute atomic E-state index is 12.1. The fourth-order valence-electron chi connectivity index (χ4n) is 3.96. The van der Waals surface area contributed by atoms with Crippen LogP contribution >= 0.6 is 11.6 Å². The van der Waals surface area contributed by atoms with Gasteiger partial charge in [-0.2, -0.15) is 17.9 Å². The Morgan fingerprint density at radius 3 is 2.28 bits per heavy atom. The van der Waals surface area contributed by atoms with Crippen molar-refractivity contribution in [2.24, 2.45) is 5.14 Å². The molecule has 0 amide bonds. The van der Waals surface area contributed by atoms with Crippen LogP contribution in [0.5, 0.6) is 0 Å². The second kappa shape index (κ2) is 10.0. The summed E-state index contributed by atoms with van der Waals surface area (Å²) < 4.78 is 53.0. The van der Waals surface area contributed by atoms with E-state index in [2.05, 4.69) is 24.7 Å². The average molecular weight is 551 g/mol. The number of anilines is 2. The molecule has 192 valence electrons. The first-order chi connectivity index (χ1) is 16.8. The van der Waals surface area contributed by atoms with Gasteiger partial charge in [0.15, 0.2) is 0 Å². The number of nitrogens with zero attached hydrogens (tertiary/aromatic N) is 2. The monoisotopic (exact) mass is 550 g/mol. The highest BCUT2D eigenvalue weighted by Gasteiger charge is 2.26. The van der Waals surface area contributed by atoms with Gasteiger partial charge in [0.2, 0.25) is 16.0 Å². The van der Waals surface area contributed by atoms with Crippen molar-refractivity contribution in [2.45, 2.75) is 51.1 Å². The van der Waals surface area contributed by atoms with Gasteiger partial charge in [-0.3, -0.25) is 0 Å². The van der Waals surface area contributed by atoms with Gasteiger partial charge in [0, 0.05) is 23.8 Å². The van der Waals surface area contributed by atoms with E-state index in [4.69, 9.17) is 16.7 Å². The van der Waals surface area contributed by atoms with Crippen molar-refractivity contribution in [3.63, 3.8) is 0 Å². The standard InChI is InChI=1S/C23H27ClN6O4S2/c1-13-8-16(11-27-36(33,34)30-17-5-6-17)4-7-19(13)21-20(24)12-26-23(29-21)28-18-9-14(2)22(15(3)10-18)35(25,31)32/h4,7-10,12,17,27,30H,5-6,11H2,1-3H3,(H2,25,31,32)(H,26,28,29). The minimum absolute atomic E-state index is 0.0359. The number of hydrogen-bond acceptors (Lipinski definition) is 7. The summed E-state index contributed by atoms with van der Waals surface area (Å²) in [5.74, 6) is 0.277. The molecule has 5 N–H and O–H groups in total. The minimum Gasteiger partial charge on any atom is -0.324 e. The van der Waals surface area contributed by atoms with Gasteiger partial charge in [-0.15, -0.1) is 0 Å². The van der Waals surface area contributed by atoms with Crippen LogP contribution in [-0.4, -0.2) is 32.8 Å². The van der Waals surface area contributed by atoms with Crippen LogP contribution in [0.4, 0.5) is 11.6 Å². The first-order valence-electron chi connectivity index (χ1n) is 11.1. The summed E-state index contributed by atoms with van der Waals surface area (Å²) in [4.78, 5) is 8.90.